The third-order valence-electron chi connectivity index (χ3n) is 3.54. The van der Waals surface area contributed by atoms with Crippen LogP contribution >= 0.6 is 11.6 Å². The normalized spacial score (nSPS) is 22.7. The fourth-order valence-corrected chi connectivity index (χ4v) is 2.51. The van der Waals surface area contributed by atoms with Gasteiger partial charge in [-0.2, -0.15) is 0 Å². The Morgan fingerprint density at radius 3 is 2.84 bits per heavy atom. The Labute approximate surface area is 116 Å². The van der Waals surface area contributed by atoms with Gasteiger partial charge in [0.05, 0.1) is 5.92 Å². The van der Waals surface area contributed by atoms with Crippen LogP contribution in [-0.2, 0) is 9.59 Å². The first-order valence-electron chi connectivity index (χ1n) is 6.50. The lowest BCUT2D eigenvalue weighted by Crippen LogP contribution is -2.34. The number of carbonyl (C=O) groups excluding carboxylic acids is 2. The molecule has 0 radical (unpaired) electrons. The molecule has 1 N–H and O–H groups in total. The van der Waals surface area contributed by atoms with Gasteiger partial charge in [-0.3, -0.25) is 9.59 Å². The lowest BCUT2D eigenvalue weighted by molar-refractivity contribution is -0.126. The molecule has 1 saturated heterocycles. The molecule has 5 heteroatoms. The second-order valence-electron chi connectivity index (χ2n) is 5.17. The molecule has 1 saturated carbocycles. The van der Waals surface area contributed by atoms with Crippen molar-refractivity contribution in [3.8, 4) is 0 Å². The van der Waals surface area contributed by atoms with E-state index in [0.29, 0.717) is 17.6 Å². The van der Waals surface area contributed by atoms with E-state index in [2.05, 4.69) is 5.32 Å². The van der Waals surface area contributed by atoms with E-state index in [4.69, 9.17) is 11.6 Å². The fourth-order valence-electron chi connectivity index (χ4n) is 2.32. The van der Waals surface area contributed by atoms with E-state index in [0.717, 1.165) is 18.5 Å². The Bertz CT molecular complexity index is 528. The first-order valence-corrected chi connectivity index (χ1v) is 6.87. The minimum absolute atomic E-state index is 0.000350. The Morgan fingerprint density at radius 2 is 2.16 bits per heavy atom. The highest BCUT2D eigenvalue weighted by molar-refractivity contribution is 6.30. The topological polar surface area (TPSA) is 49.4 Å². The van der Waals surface area contributed by atoms with E-state index in [-0.39, 0.29) is 24.2 Å². The summed E-state index contributed by atoms with van der Waals surface area (Å²) in [5.74, 6) is -0.259. The molecule has 2 fully saturated rings. The predicted molar refractivity (Wildman–Crippen MR) is 73.1 cm³/mol. The summed E-state index contributed by atoms with van der Waals surface area (Å²) in [4.78, 5) is 25.6. The molecule has 1 aliphatic heterocycles. The monoisotopic (exact) mass is 278 g/mol. The van der Waals surface area contributed by atoms with Gasteiger partial charge in [0.15, 0.2) is 0 Å². The van der Waals surface area contributed by atoms with Gasteiger partial charge in [-0.1, -0.05) is 17.7 Å². The third-order valence-corrected chi connectivity index (χ3v) is 3.77. The highest BCUT2D eigenvalue weighted by Gasteiger charge is 2.37. The molecule has 2 amide bonds. The van der Waals surface area contributed by atoms with Crippen LogP contribution in [0.1, 0.15) is 19.3 Å². The van der Waals surface area contributed by atoms with Gasteiger partial charge in [-0.15, -0.1) is 0 Å². The molecule has 2 aliphatic rings. The van der Waals surface area contributed by atoms with E-state index < -0.39 is 0 Å². The van der Waals surface area contributed by atoms with Crippen LogP contribution < -0.4 is 10.2 Å². The summed E-state index contributed by atoms with van der Waals surface area (Å²) in [5.41, 5.74) is 0.763. The van der Waals surface area contributed by atoms with Crippen LogP contribution in [0.4, 0.5) is 5.69 Å². The summed E-state index contributed by atoms with van der Waals surface area (Å²) in [6.07, 6.45) is 2.40. The summed E-state index contributed by atoms with van der Waals surface area (Å²) >= 11 is 5.93. The number of hydrogen-bond acceptors (Lipinski definition) is 2. The van der Waals surface area contributed by atoms with Crippen LogP contribution in [0.15, 0.2) is 24.3 Å². The molecule has 1 atom stereocenters. The molecule has 19 heavy (non-hydrogen) atoms. The number of benzene rings is 1. The van der Waals surface area contributed by atoms with Gasteiger partial charge in [0.1, 0.15) is 0 Å². The van der Waals surface area contributed by atoms with Crippen molar-refractivity contribution >= 4 is 29.1 Å². The van der Waals surface area contributed by atoms with E-state index in [9.17, 15) is 9.59 Å². The summed E-state index contributed by atoms with van der Waals surface area (Å²) in [5, 5.41) is 3.55. The Kier molecular flexibility index (Phi) is 3.19. The van der Waals surface area contributed by atoms with Crippen LogP contribution in [0.25, 0.3) is 0 Å². The van der Waals surface area contributed by atoms with E-state index in [1.54, 1.807) is 17.0 Å². The zero-order chi connectivity index (χ0) is 13.4. The van der Waals surface area contributed by atoms with Gasteiger partial charge in [-0.25, -0.2) is 0 Å². The molecule has 0 spiro atoms. The van der Waals surface area contributed by atoms with Gasteiger partial charge in [-0.05, 0) is 31.0 Å². The number of anilines is 1. The first kappa shape index (κ1) is 12.5. The maximum atomic E-state index is 12.0. The van der Waals surface area contributed by atoms with Crippen LogP contribution in [0.3, 0.4) is 0 Å². The Balaban J connectivity index is 1.70. The van der Waals surface area contributed by atoms with Crippen LogP contribution in [0.5, 0.6) is 0 Å². The van der Waals surface area contributed by atoms with Crippen molar-refractivity contribution in [1.29, 1.82) is 0 Å². The molecule has 1 aliphatic carbocycles. The van der Waals surface area contributed by atoms with Crippen LogP contribution in [0.2, 0.25) is 5.02 Å². The first-order chi connectivity index (χ1) is 9.13. The molecule has 1 aromatic carbocycles. The highest BCUT2D eigenvalue weighted by atomic mass is 35.5. The number of amides is 2. The second kappa shape index (κ2) is 4.85. The summed E-state index contributed by atoms with van der Waals surface area (Å²) in [6.45, 7) is 0.442. The quantitative estimate of drug-likeness (QED) is 0.919. The average Bonchev–Trinajstić information content (AvgIpc) is 3.09. The molecular formula is C14H15ClN2O2. The number of nitrogens with one attached hydrogen (secondary N) is 1. The van der Waals surface area contributed by atoms with Gasteiger partial charge in [0.25, 0.3) is 0 Å². The maximum Gasteiger partial charge on any atom is 0.227 e. The minimum Gasteiger partial charge on any atom is -0.353 e. The molecule has 0 aromatic heterocycles. The predicted octanol–water partition coefficient (Wildman–Crippen LogP) is 1.97. The third kappa shape index (κ3) is 2.73. The highest BCUT2D eigenvalue weighted by Crippen LogP contribution is 2.28. The summed E-state index contributed by atoms with van der Waals surface area (Å²) in [6, 6.07) is 7.50. The Morgan fingerprint density at radius 1 is 1.37 bits per heavy atom. The molecule has 0 unspecified atom stereocenters. The van der Waals surface area contributed by atoms with E-state index >= 15 is 0 Å². The van der Waals surface area contributed by atoms with Crippen LogP contribution in [-0.4, -0.2) is 24.4 Å². The zero-order valence-corrected chi connectivity index (χ0v) is 11.2. The second-order valence-corrected chi connectivity index (χ2v) is 5.60. The lowest BCUT2D eigenvalue weighted by atomic mass is 10.1. The zero-order valence-electron chi connectivity index (χ0n) is 10.4. The summed E-state index contributed by atoms with van der Waals surface area (Å²) in [7, 11) is 0. The van der Waals surface area contributed by atoms with Crippen molar-refractivity contribution in [2.75, 3.05) is 11.4 Å². The fraction of sp³-hybridized carbons (Fsp3) is 0.429. The summed E-state index contributed by atoms with van der Waals surface area (Å²) < 4.78 is 0. The molecule has 3 rings (SSSR count). The molecule has 1 aromatic rings. The van der Waals surface area contributed by atoms with Crippen molar-refractivity contribution < 1.29 is 9.59 Å². The van der Waals surface area contributed by atoms with Crippen molar-refractivity contribution in [3.05, 3.63) is 29.3 Å². The molecule has 4 nitrogen and oxygen atoms in total. The maximum absolute atomic E-state index is 12.0. The number of rotatable bonds is 3. The number of halogens is 1. The standard InChI is InChI=1S/C14H15ClN2O2/c15-10-2-1-3-12(7-10)17-8-9(6-13(17)18)14(19)16-11-4-5-11/h1-3,7,9,11H,4-6,8H2,(H,16,19)/t9-/m1/s1. The minimum atomic E-state index is -0.243. The van der Waals surface area contributed by atoms with Gasteiger partial charge < -0.3 is 10.2 Å². The van der Waals surface area contributed by atoms with Crippen LogP contribution in [0, 0.1) is 5.92 Å². The van der Waals surface area contributed by atoms with Crippen molar-refractivity contribution in [2.24, 2.45) is 5.92 Å². The number of carbonyl (C=O) groups is 2. The van der Waals surface area contributed by atoms with Gasteiger partial charge in [0, 0.05) is 29.7 Å². The smallest absolute Gasteiger partial charge is 0.227 e. The van der Waals surface area contributed by atoms with E-state index in [1.807, 2.05) is 12.1 Å². The number of hydrogen-bond donors (Lipinski definition) is 1. The average molecular weight is 279 g/mol. The molecule has 0 bridgehead atoms. The van der Waals surface area contributed by atoms with Gasteiger partial charge >= 0.3 is 0 Å². The molecular weight excluding hydrogens is 264 g/mol. The van der Waals surface area contributed by atoms with Crippen molar-refractivity contribution in [1.82, 2.24) is 5.32 Å². The number of nitrogens with zero attached hydrogens (tertiary/aromatic N) is 1. The van der Waals surface area contributed by atoms with Gasteiger partial charge in [0.2, 0.25) is 11.8 Å². The largest absolute Gasteiger partial charge is 0.353 e. The molecule has 1 heterocycles. The Hall–Kier alpha value is -1.55. The van der Waals surface area contributed by atoms with Crippen molar-refractivity contribution in [2.45, 2.75) is 25.3 Å². The van der Waals surface area contributed by atoms with Crippen molar-refractivity contribution in [3.63, 3.8) is 0 Å². The van der Waals surface area contributed by atoms with E-state index in [1.165, 1.54) is 0 Å². The SMILES string of the molecule is O=C(NC1CC1)[C@@H]1CC(=O)N(c2cccc(Cl)c2)C1. The lowest BCUT2D eigenvalue weighted by Gasteiger charge is -2.16. The molecule has 100 valence electrons.